The smallest absolute Gasteiger partial charge is 0.249 e. The van der Waals surface area contributed by atoms with Gasteiger partial charge in [0.1, 0.15) is 12.2 Å². The topological polar surface area (TPSA) is 110 Å². The van der Waals surface area contributed by atoms with Gasteiger partial charge in [-0.05, 0) is 70.6 Å². The van der Waals surface area contributed by atoms with Crippen LogP contribution in [0, 0.1) is 0 Å². The summed E-state index contributed by atoms with van der Waals surface area (Å²) in [5.41, 5.74) is 0. The predicted molar refractivity (Wildman–Crippen MR) is 173 cm³/mol. The van der Waals surface area contributed by atoms with Crippen LogP contribution in [-0.2, 0) is 4.79 Å². The van der Waals surface area contributed by atoms with Gasteiger partial charge in [-0.15, -0.1) is 0 Å². The molecule has 0 spiro atoms. The fraction of sp³-hybridized carbons (Fsp3) is 0.800. The minimum absolute atomic E-state index is 0.337. The van der Waals surface area contributed by atoms with Gasteiger partial charge >= 0.3 is 0 Å². The van der Waals surface area contributed by atoms with Crippen LogP contribution in [0.2, 0.25) is 0 Å². The number of aliphatic hydroxyl groups is 4. The summed E-state index contributed by atoms with van der Waals surface area (Å²) in [4.78, 5) is 12.3. The predicted octanol–water partition coefficient (Wildman–Crippen LogP) is 7.45. The number of hydrogen-bond acceptors (Lipinski definition) is 5. The van der Waals surface area contributed by atoms with Crippen LogP contribution in [0.4, 0.5) is 0 Å². The fourth-order valence-corrected chi connectivity index (χ4v) is 4.75. The molecule has 0 aliphatic rings. The number of aliphatic hydroxyl groups excluding tert-OH is 4. The molecule has 240 valence electrons. The van der Waals surface area contributed by atoms with E-state index >= 15 is 0 Å². The van der Waals surface area contributed by atoms with Crippen molar-refractivity contribution in [1.82, 2.24) is 5.32 Å². The van der Waals surface area contributed by atoms with Gasteiger partial charge in [-0.1, -0.05) is 115 Å². The summed E-state index contributed by atoms with van der Waals surface area (Å²) >= 11 is 0. The zero-order valence-electron chi connectivity index (χ0n) is 26.5. The Morgan fingerprint density at radius 2 is 1.05 bits per heavy atom. The molecule has 0 rings (SSSR count). The van der Waals surface area contributed by atoms with Crippen LogP contribution in [0.15, 0.2) is 36.5 Å². The fourth-order valence-electron chi connectivity index (χ4n) is 4.75. The van der Waals surface area contributed by atoms with Crippen molar-refractivity contribution in [3.8, 4) is 0 Å². The maximum atomic E-state index is 12.3. The first-order chi connectivity index (χ1) is 20.0. The average molecular weight is 580 g/mol. The SMILES string of the molecule is CCCC/C=C\CCCCCC(O)C(=O)NC(CO)C(O)C(O)CCC/C=C/CC/C=C/CCCCCCCCC. The van der Waals surface area contributed by atoms with Crippen molar-refractivity contribution in [3.05, 3.63) is 36.5 Å². The van der Waals surface area contributed by atoms with Crippen LogP contribution in [0.1, 0.15) is 149 Å². The Bertz CT molecular complexity index is 663. The van der Waals surface area contributed by atoms with E-state index in [1.807, 2.05) is 0 Å². The molecule has 5 N–H and O–H groups in total. The molecular formula is C35H65NO5. The Balaban J connectivity index is 3.96. The Morgan fingerprint density at radius 3 is 1.61 bits per heavy atom. The van der Waals surface area contributed by atoms with E-state index in [-0.39, 0.29) is 0 Å². The maximum absolute atomic E-state index is 12.3. The van der Waals surface area contributed by atoms with Crippen LogP contribution in [0.25, 0.3) is 0 Å². The Morgan fingerprint density at radius 1 is 0.585 bits per heavy atom. The monoisotopic (exact) mass is 579 g/mol. The largest absolute Gasteiger partial charge is 0.394 e. The molecule has 0 fully saturated rings. The van der Waals surface area contributed by atoms with Gasteiger partial charge in [-0.3, -0.25) is 4.79 Å². The lowest BCUT2D eigenvalue weighted by Gasteiger charge is -2.27. The molecule has 41 heavy (non-hydrogen) atoms. The van der Waals surface area contributed by atoms with E-state index in [9.17, 15) is 25.2 Å². The van der Waals surface area contributed by atoms with E-state index < -0.39 is 36.9 Å². The van der Waals surface area contributed by atoms with Crippen molar-refractivity contribution in [1.29, 1.82) is 0 Å². The zero-order valence-corrected chi connectivity index (χ0v) is 26.5. The Hall–Kier alpha value is -1.47. The summed E-state index contributed by atoms with van der Waals surface area (Å²) in [6, 6.07) is -1.01. The molecule has 6 heteroatoms. The molecule has 6 nitrogen and oxygen atoms in total. The number of hydrogen-bond donors (Lipinski definition) is 5. The van der Waals surface area contributed by atoms with Crippen LogP contribution < -0.4 is 5.32 Å². The number of unbranched alkanes of at least 4 members (excludes halogenated alkanes) is 14. The van der Waals surface area contributed by atoms with Gasteiger partial charge in [0.2, 0.25) is 5.91 Å². The van der Waals surface area contributed by atoms with Crippen molar-refractivity contribution < 1.29 is 25.2 Å². The normalized spacial score (nSPS) is 15.2. The maximum Gasteiger partial charge on any atom is 0.249 e. The van der Waals surface area contributed by atoms with Crippen LogP contribution >= 0.6 is 0 Å². The highest BCUT2D eigenvalue weighted by Gasteiger charge is 2.28. The molecule has 0 heterocycles. The molecule has 0 aromatic rings. The highest BCUT2D eigenvalue weighted by molar-refractivity contribution is 5.80. The minimum atomic E-state index is -1.29. The molecule has 0 radical (unpaired) electrons. The van der Waals surface area contributed by atoms with Crippen molar-refractivity contribution in [2.45, 2.75) is 173 Å². The molecule has 0 bridgehead atoms. The minimum Gasteiger partial charge on any atom is -0.394 e. The van der Waals surface area contributed by atoms with E-state index in [4.69, 9.17) is 0 Å². The third-order valence-corrected chi connectivity index (χ3v) is 7.55. The number of carbonyl (C=O) groups excluding carboxylic acids is 1. The Kier molecular flexibility index (Phi) is 28.9. The summed E-state index contributed by atoms with van der Waals surface area (Å²) in [7, 11) is 0. The zero-order chi connectivity index (χ0) is 30.4. The molecule has 4 atom stereocenters. The second kappa shape index (κ2) is 30.0. The number of allylic oxidation sites excluding steroid dienone is 6. The molecule has 0 aromatic heterocycles. The van der Waals surface area contributed by atoms with E-state index in [1.165, 1.54) is 64.2 Å². The van der Waals surface area contributed by atoms with Crippen molar-refractivity contribution in [3.63, 3.8) is 0 Å². The highest BCUT2D eigenvalue weighted by Crippen LogP contribution is 2.12. The van der Waals surface area contributed by atoms with Gasteiger partial charge in [-0.25, -0.2) is 0 Å². The van der Waals surface area contributed by atoms with Crippen LogP contribution in [-0.4, -0.2) is 57.3 Å². The van der Waals surface area contributed by atoms with E-state index in [0.717, 1.165) is 51.4 Å². The lowest BCUT2D eigenvalue weighted by atomic mass is 10.00. The third kappa shape index (κ3) is 24.8. The summed E-state index contributed by atoms with van der Waals surface area (Å²) in [6.45, 7) is 3.93. The van der Waals surface area contributed by atoms with Crippen LogP contribution in [0.5, 0.6) is 0 Å². The molecule has 0 aliphatic heterocycles. The summed E-state index contributed by atoms with van der Waals surface area (Å²) < 4.78 is 0. The first-order valence-electron chi connectivity index (χ1n) is 16.9. The molecule has 0 aliphatic carbocycles. The molecule has 1 amide bonds. The number of carbonyl (C=O) groups is 1. The van der Waals surface area contributed by atoms with E-state index in [1.54, 1.807) is 0 Å². The lowest BCUT2D eigenvalue weighted by Crippen LogP contribution is -2.53. The van der Waals surface area contributed by atoms with Gasteiger partial charge in [0.15, 0.2) is 0 Å². The van der Waals surface area contributed by atoms with E-state index in [0.29, 0.717) is 19.3 Å². The van der Waals surface area contributed by atoms with Gasteiger partial charge in [0.25, 0.3) is 0 Å². The average Bonchev–Trinajstić information content (AvgIpc) is 2.98. The number of nitrogens with one attached hydrogen (secondary N) is 1. The van der Waals surface area contributed by atoms with Gasteiger partial charge in [-0.2, -0.15) is 0 Å². The van der Waals surface area contributed by atoms with E-state index in [2.05, 4.69) is 55.6 Å². The number of rotatable bonds is 29. The molecule has 4 unspecified atom stereocenters. The van der Waals surface area contributed by atoms with Gasteiger partial charge < -0.3 is 25.7 Å². The highest BCUT2D eigenvalue weighted by atomic mass is 16.3. The molecule has 0 aromatic carbocycles. The lowest BCUT2D eigenvalue weighted by molar-refractivity contribution is -0.132. The molecule has 0 saturated heterocycles. The van der Waals surface area contributed by atoms with Crippen molar-refractivity contribution >= 4 is 5.91 Å². The first-order valence-corrected chi connectivity index (χ1v) is 16.9. The van der Waals surface area contributed by atoms with Crippen molar-refractivity contribution in [2.75, 3.05) is 6.61 Å². The number of amides is 1. The van der Waals surface area contributed by atoms with Crippen molar-refractivity contribution in [2.24, 2.45) is 0 Å². The quantitative estimate of drug-likeness (QED) is 0.0467. The van der Waals surface area contributed by atoms with Gasteiger partial charge in [0, 0.05) is 0 Å². The molecular weight excluding hydrogens is 514 g/mol. The third-order valence-electron chi connectivity index (χ3n) is 7.55. The van der Waals surface area contributed by atoms with Gasteiger partial charge in [0.05, 0.1) is 18.8 Å². The first kappa shape index (κ1) is 39.5. The second-order valence-corrected chi connectivity index (χ2v) is 11.5. The summed E-state index contributed by atoms with van der Waals surface area (Å²) in [5.74, 6) is -0.617. The second-order valence-electron chi connectivity index (χ2n) is 11.5. The Labute approximate surface area is 252 Å². The summed E-state index contributed by atoms with van der Waals surface area (Å²) in [6.07, 6.45) is 31.7. The standard InChI is InChI=1S/C35H65NO5/c1-3-5-7-9-11-13-14-15-16-17-18-19-21-22-24-26-28-32(38)34(40)31(30-37)36-35(41)33(39)29-27-25-23-20-12-10-8-6-4-2/h10,12,16-17,21-22,31-34,37-40H,3-9,11,13-15,18-20,23-30H2,1-2H3,(H,36,41)/b12-10-,17-16+,22-21+. The molecule has 0 saturated carbocycles. The van der Waals surface area contributed by atoms with Crippen LogP contribution in [0.3, 0.4) is 0 Å². The summed E-state index contributed by atoms with van der Waals surface area (Å²) in [5, 5.41) is 43.1.